The molecule has 0 amide bonds. The van der Waals surface area contributed by atoms with E-state index in [1.165, 1.54) is 35.1 Å². The second-order valence-corrected chi connectivity index (χ2v) is 8.00. The Kier molecular flexibility index (Phi) is 5.11. The third-order valence-corrected chi connectivity index (χ3v) is 5.85. The maximum absolute atomic E-state index is 6.37. The van der Waals surface area contributed by atoms with Crippen LogP contribution < -0.4 is 0 Å². The molecule has 1 heterocycles. The number of rotatable bonds is 5. The van der Waals surface area contributed by atoms with E-state index in [0.29, 0.717) is 5.92 Å². The average Bonchev–Trinajstić information content (AvgIpc) is 3.50. The van der Waals surface area contributed by atoms with Gasteiger partial charge in [0.2, 0.25) is 0 Å². The average molecular weight is 384 g/mol. The minimum atomic E-state index is 0.698. The van der Waals surface area contributed by atoms with Crippen molar-refractivity contribution in [2.24, 2.45) is 5.92 Å². The standard InChI is InChI=1S/C23H23Cl2N/c1-2-16-5-3-4-6-20(16)21-11-12-26(15-22(21)17-7-8-17)14-18-13-19(24)9-10-23(18)25/h3-6,9-11,13,15,17H,2,7-8,12,14H2,1H3. The Morgan fingerprint density at radius 2 is 1.85 bits per heavy atom. The fourth-order valence-electron chi connectivity index (χ4n) is 3.72. The van der Waals surface area contributed by atoms with Crippen LogP contribution in [0.1, 0.15) is 36.5 Å². The van der Waals surface area contributed by atoms with Crippen molar-refractivity contribution < 1.29 is 0 Å². The van der Waals surface area contributed by atoms with Gasteiger partial charge in [0.25, 0.3) is 0 Å². The first-order valence-electron chi connectivity index (χ1n) is 9.34. The van der Waals surface area contributed by atoms with Crippen molar-refractivity contribution in [3.63, 3.8) is 0 Å². The first kappa shape index (κ1) is 17.7. The zero-order valence-electron chi connectivity index (χ0n) is 15.0. The molecule has 1 nitrogen and oxygen atoms in total. The van der Waals surface area contributed by atoms with E-state index in [4.69, 9.17) is 23.2 Å². The van der Waals surface area contributed by atoms with E-state index in [1.54, 1.807) is 0 Å². The Balaban J connectivity index is 1.63. The van der Waals surface area contributed by atoms with Gasteiger partial charge in [0.1, 0.15) is 0 Å². The van der Waals surface area contributed by atoms with Crippen LogP contribution in [-0.2, 0) is 13.0 Å². The maximum Gasteiger partial charge on any atom is 0.0456 e. The van der Waals surface area contributed by atoms with Crippen molar-refractivity contribution in [2.45, 2.75) is 32.7 Å². The summed E-state index contributed by atoms with van der Waals surface area (Å²) < 4.78 is 0. The molecule has 3 heteroatoms. The zero-order valence-corrected chi connectivity index (χ0v) is 16.5. The van der Waals surface area contributed by atoms with Crippen LogP contribution in [0.25, 0.3) is 5.57 Å². The van der Waals surface area contributed by atoms with Crippen LogP contribution in [0.5, 0.6) is 0 Å². The lowest BCUT2D eigenvalue weighted by Gasteiger charge is -2.28. The van der Waals surface area contributed by atoms with Gasteiger partial charge < -0.3 is 4.90 Å². The topological polar surface area (TPSA) is 3.24 Å². The summed E-state index contributed by atoms with van der Waals surface area (Å²) in [6.07, 6.45) is 8.40. The molecule has 0 N–H and O–H groups in total. The highest BCUT2D eigenvalue weighted by Gasteiger charge is 2.31. The number of aryl methyl sites for hydroxylation is 1. The number of hydrogen-bond donors (Lipinski definition) is 0. The Hall–Kier alpha value is -1.70. The van der Waals surface area contributed by atoms with Crippen LogP contribution in [0.3, 0.4) is 0 Å². The second-order valence-electron chi connectivity index (χ2n) is 7.15. The Morgan fingerprint density at radius 3 is 2.62 bits per heavy atom. The quantitative estimate of drug-likeness (QED) is 0.551. The van der Waals surface area contributed by atoms with E-state index in [-0.39, 0.29) is 0 Å². The van der Waals surface area contributed by atoms with Crippen LogP contribution >= 0.6 is 23.2 Å². The molecular formula is C23H23Cl2N. The number of hydrogen-bond acceptors (Lipinski definition) is 1. The molecule has 134 valence electrons. The van der Waals surface area contributed by atoms with E-state index < -0.39 is 0 Å². The highest BCUT2D eigenvalue weighted by Crippen LogP contribution is 2.45. The smallest absolute Gasteiger partial charge is 0.0456 e. The molecule has 0 aromatic heterocycles. The fourth-order valence-corrected chi connectivity index (χ4v) is 4.09. The highest BCUT2D eigenvalue weighted by atomic mass is 35.5. The van der Waals surface area contributed by atoms with Crippen LogP contribution in [0.2, 0.25) is 10.0 Å². The molecule has 2 aromatic rings. The van der Waals surface area contributed by atoms with E-state index in [0.717, 1.165) is 35.1 Å². The van der Waals surface area contributed by atoms with Crippen LogP contribution in [0.4, 0.5) is 0 Å². The summed E-state index contributed by atoms with van der Waals surface area (Å²) in [5.41, 5.74) is 6.82. The molecule has 0 spiro atoms. The van der Waals surface area contributed by atoms with Gasteiger partial charge in [-0.25, -0.2) is 0 Å². The summed E-state index contributed by atoms with van der Waals surface area (Å²) in [5.74, 6) is 0.698. The molecule has 0 unspecified atom stereocenters. The van der Waals surface area contributed by atoms with Crippen LogP contribution in [-0.4, -0.2) is 11.4 Å². The van der Waals surface area contributed by atoms with Gasteiger partial charge in [0.05, 0.1) is 0 Å². The van der Waals surface area contributed by atoms with Gasteiger partial charge in [0, 0.05) is 29.3 Å². The molecule has 0 atom stereocenters. The van der Waals surface area contributed by atoms with Gasteiger partial charge in [-0.3, -0.25) is 0 Å². The van der Waals surface area contributed by atoms with Crippen molar-refractivity contribution in [2.75, 3.05) is 6.54 Å². The molecule has 4 rings (SSSR count). The number of halogens is 2. The molecular weight excluding hydrogens is 361 g/mol. The number of benzene rings is 2. The summed E-state index contributed by atoms with van der Waals surface area (Å²) in [5, 5.41) is 1.52. The highest BCUT2D eigenvalue weighted by molar-refractivity contribution is 6.33. The first-order valence-corrected chi connectivity index (χ1v) is 10.1. The van der Waals surface area contributed by atoms with Crippen molar-refractivity contribution in [3.05, 3.63) is 87.0 Å². The summed E-state index contributed by atoms with van der Waals surface area (Å²) in [7, 11) is 0. The lowest BCUT2D eigenvalue weighted by atomic mass is 9.89. The lowest BCUT2D eigenvalue weighted by molar-refractivity contribution is 0.401. The lowest BCUT2D eigenvalue weighted by Crippen LogP contribution is -2.22. The molecule has 0 bridgehead atoms. The minimum Gasteiger partial charge on any atom is -0.369 e. The Bertz CT molecular complexity index is 878. The van der Waals surface area contributed by atoms with Crippen molar-refractivity contribution in [3.8, 4) is 0 Å². The third kappa shape index (κ3) is 3.70. The van der Waals surface area contributed by atoms with Gasteiger partial charge in [-0.15, -0.1) is 0 Å². The number of allylic oxidation sites excluding steroid dienone is 2. The van der Waals surface area contributed by atoms with E-state index in [2.05, 4.69) is 48.4 Å². The fraction of sp³-hybridized carbons (Fsp3) is 0.304. The van der Waals surface area contributed by atoms with Crippen molar-refractivity contribution in [1.82, 2.24) is 4.90 Å². The van der Waals surface area contributed by atoms with E-state index in [9.17, 15) is 0 Å². The van der Waals surface area contributed by atoms with Gasteiger partial charge >= 0.3 is 0 Å². The third-order valence-electron chi connectivity index (χ3n) is 5.25. The molecule has 0 saturated heterocycles. The molecule has 1 fully saturated rings. The Labute approximate surface area is 165 Å². The minimum absolute atomic E-state index is 0.698. The molecule has 0 radical (unpaired) electrons. The normalized spacial score (nSPS) is 17.1. The van der Waals surface area contributed by atoms with E-state index >= 15 is 0 Å². The van der Waals surface area contributed by atoms with Gasteiger partial charge in [-0.2, -0.15) is 0 Å². The molecule has 1 aliphatic carbocycles. The molecule has 1 saturated carbocycles. The second kappa shape index (κ2) is 7.50. The summed E-state index contributed by atoms with van der Waals surface area (Å²) >= 11 is 12.5. The van der Waals surface area contributed by atoms with Gasteiger partial charge in [-0.05, 0) is 71.2 Å². The molecule has 2 aromatic carbocycles. The molecule has 2 aliphatic rings. The Morgan fingerprint density at radius 1 is 1.04 bits per heavy atom. The van der Waals surface area contributed by atoms with Crippen LogP contribution in [0, 0.1) is 5.92 Å². The monoisotopic (exact) mass is 383 g/mol. The SMILES string of the molecule is CCc1ccccc1C1=CCN(Cc2cc(Cl)ccc2Cl)C=C1C1CC1. The summed E-state index contributed by atoms with van der Waals surface area (Å²) in [6.45, 7) is 3.91. The molecule has 1 aliphatic heterocycles. The molecule has 26 heavy (non-hydrogen) atoms. The van der Waals surface area contributed by atoms with Crippen LogP contribution in [0.15, 0.2) is 60.3 Å². The van der Waals surface area contributed by atoms with Gasteiger partial charge in [0.15, 0.2) is 0 Å². The van der Waals surface area contributed by atoms with Gasteiger partial charge in [-0.1, -0.05) is 60.5 Å². The van der Waals surface area contributed by atoms with E-state index in [1.807, 2.05) is 18.2 Å². The first-order chi connectivity index (χ1) is 12.7. The zero-order chi connectivity index (χ0) is 18.1. The predicted molar refractivity (Wildman–Crippen MR) is 111 cm³/mol. The maximum atomic E-state index is 6.37. The number of nitrogens with zero attached hydrogens (tertiary/aromatic N) is 1. The van der Waals surface area contributed by atoms with Crippen molar-refractivity contribution in [1.29, 1.82) is 0 Å². The van der Waals surface area contributed by atoms with Crippen molar-refractivity contribution >= 4 is 28.8 Å². The predicted octanol–water partition coefficient (Wildman–Crippen LogP) is 6.75. The summed E-state index contributed by atoms with van der Waals surface area (Å²) in [4.78, 5) is 2.35. The summed E-state index contributed by atoms with van der Waals surface area (Å²) in [6, 6.07) is 14.5. The largest absolute Gasteiger partial charge is 0.369 e.